The lowest BCUT2D eigenvalue weighted by molar-refractivity contribution is 0.0703. The molecule has 1 rings (SSSR count). The van der Waals surface area contributed by atoms with Gasteiger partial charge >= 0.3 is 8.80 Å². The van der Waals surface area contributed by atoms with Crippen LogP contribution in [-0.4, -0.2) is 35.7 Å². The minimum Gasteiger partial charge on any atom is -0.496 e. The Balaban J connectivity index is 3.12. The van der Waals surface area contributed by atoms with Crippen LogP contribution in [0.15, 0.2) is 12.1 Å². The second kappa shape index (κ2) is 8.53. The smallest absolute Gasteiger partial charge is 0.496 e. The lowest BCUT2D eigenvalue weighted by Gasteiger charge is -2.29. The van der Waals surface area contributed by atoms with Crippen molar-refractivity contribution >= 4 is 8.80 Å². The summed E-state index contributed by atoms with van der Waals surface area (Å²) in [6.07, 6.45) is 0. The predicted octanol–water partition coefficient (Wildman–Crippen LogP) is 3.44. The predicted molar refractivity (Wildman–Crippen MR) is 86.8 cm³/mol. The first kappa shape index (κ1) is 18.2. The van der Waals surface area contributed by atoms with Gasteiger partial charge in [-0.1, -0.05) is 6.07 Å². The largest absolute Gasteiger partial charge is 0.505 e. The van der Waals surface area contributed by atoms with Crippen LogP contribution in [0, 0.1) is 13.8 Å². The zero-order valence-electron chi connectivity index (χ0n) is 14.1. The molecule has 0 aromatic heterocycles. The molecule has 21 heavy (non-hydrogen) atoms. The van der Waals surface area contributed by atoms with Gasteiger partial charge in [-0.05, 0) is 57.4 Å². The number of benzene rings is 1. The zero-order valence-corrected chi connectivity index (χ0v) is 15.1. The molecular formula is C16H28O4Si. The highest BCUT2D eigenvalue weighted by Gasteiger charge is 2.41. The van der Waals surface area contributed by atoms with Gasteiger partial charge < -0.3 is 18.0 Å². The first-order chi connectivity index (χ1) is 10.0. The van der Waals surface area contributed by atoms with Crippen molar-refractivity contribution in [3.63, 3.8) is 0 Å². The van der Waals surface area contributed by atoms with Crippen LogP contribution in [-0.2, 0) is 19.3 Å². The first-order valence-corrected chi connectivity index (χ1v) is 9.51. The fourth-order valence-corrected chi connectivity index (χ4v) is 5.18. The minimum atomic E-state index is -2.68. The van der Waals surface area contributed by atoms with Crippen LogP contribution in [0.5, 0.6) is 5.75 Å². The molecule has 0 unspecified atom stereocenters. The summed E-state index contributed by atoms with van der Waals surface area (Å²) in [5, 5.41) is 0. The highest BCUT2D eigenvalue weighted by Crippen LogP contribution is 2.26. The average Bonchev–Trinajstić information content (AvgIpc) is 2.43. The Morgan fingerprint density at radius 1 is 0.857 bits per heavy atom. The van der Waals surface area contributed by atoms with E-state index in [4.69, 9.17) is 18.0 Å². The monoisotopic (exact) mass is 312 g/mol. The third kappa shape index (κ3) is 4.81. The van der Waals surface area contributed by atoms with Gasteiger partial charge in [0.05, 0.1) is 7.11 Å². The molecule has 1 aromatic rings. The number of hydrogen-bond acceptors (Lipinski definition) is 4. The molecule has 0 saturated heterocycles. The van der Waals surface area contributed by atoms with Crippen LogP contribution in [0.2, 0.25) is 0 Å². The van der Waals surface area contributed by atoms with Crippen molar-refractivity contribution in [3.8, 4) is 5.75 Å². The van der Waals surface area contributed by atoms with Crippen molar-refractivity contribution in [2.75, 3.05) is 26.9 Å². The third-order valence-electron chi connectivity index (χ3n) is 3.35. The van der Waals surface area contributed by atoms with Crippen molar-refractivity contribution in [1.29, 1.82) is 0 Å². The lowest BCUT2D eigenvalue weighted by Crippen LogP contribution is -2.48. The van der Waals surface area contributed by atoms with Crippen molar-refractivity contribution in [2.45, 2.75) is 40.7 Å². The van der Waals surface area contributed by atoms with Gasteiger partial charge in [-0.25, -0.2) is 0 Å². The molecule has 0 saturated carbocycles. The van der Waals surface area contributed by atoms with Crippen LogP contribution in [0.4, 0.5) is 0 Å². The summed E-state index contributed by atoms with van der Waals surface area (Å²) < 4.78 is 23.2. The Bertz CT molecular complexity index is 431. The van der Waals surface area contributed by atoms with E-state index in [0.717, 1.165) is 11.3 Å². The average molecular weight is 312 g/mol. The maximum atomic E-state index is 5.93. The third-order valence-corrected chi connectivity index (χ3v) is 6.35. The lowest BCUT2D eigenvalue weighted by atomic mass is 10.1. The van der Waals surface area contributed by atoms with Gasteiger partial charge in [-0.2, -0.15) is 0 Å². The van der Waals surface area contributed by atoms with Crippen LogP contribution >= 0.6 is 0 Å². The van der Waals surface area contributed by atoms with Crippen molar-refractivity contribution < 1.29 is 18.0 Å². The molecule has 1 aromatic carbocycles. The Kier molecular flexibility index (Phi) is 7.38. The van der Waals surface area contributed by atoms with Gasteiger partial charge in [-0.3, -0.25) is 0 Å². The normalized spacial score (nSPS) is 11.7. The summed E-state index contributed by atoms with van der Waals surface area (Å²) in [7, 11) is -0.982. The maximum absolute atomic E-state index is 5.93. The summed E-state index contributed by atoms with van der Waals surface area (Å²) in [4.78, 5) is 0. The molecule has 0 N–H and O–H groups in total. The second-order valence-electron chi connectivity index (χ2n) is 4.91. The number of methoxy groups -OCH3 is 1. The van der Waals surface area contributed by atoms with Gasteiger partial charge in [-0.15, -0.1) is 0 Å². The Labute approximate surface area is 129 Å². The maximum Gasteiger partial charge on any atom is 0.505 e. The van der Waals surface area contributed by atoms with Crippen molar-refractivity contribution in [3.05, 3.63) is 28.8 Å². The molecular weight excluding hydrogens is 284 g/mol. The Morgan fingerprint density at radius 2 is 1.38 bits per heavy atom. The molecule has 0 aliphatic rings. The summed E-state index contributed by atoms with van der Waals surface area (Å²) >= 11 is 0. The highest BCUT2D eigenvalue weighted by atomic mass is 28.4. The number of ether oxygens (including phenoxy) is 1. The first-order valence-electron chi connectivity index (χ1n) is 7.57. The summed E-state index contributed by atoms with van der Waals surface area (Å²) in [6.45, 7) is 11.8. The quantitative estimate of drug-likeness (QED) is 0.655. The fourth-order valence-electron chi connectivity index (χ4n) is 2.46. The second-order valence-corrected chi connectivity index (χ2v) is 7.49. The molecule has 4 nitrogen and oxygen atoms in total. The van der Waals surface area contributed by atoms with Gasteiger partial charge in [0.15, 0.2) is 0 Å². The molecule has 0 amide bonds. The van der Waals surface area contributed by atoms with Gasteiger partial charge in [0.1, 0.15) is 5.75 Å². The van der Waals surface area contributed by atoms with Gasteiger partial charge in [0.2, 0.25) is 0 Å². The number of aryl methyl sites for hydroxylation is 2. The molecule has 0 radical (unpaired) electrons. The van der Waals surface area contributed by atoms with Crippen molar-refractivity contribution in [2.24, 2.45) is 0 Å². The molecule has 0 atom stereocenters. The van der Waals surface area contributed by atoms with E-state index in [0.29, 0.717) is 25.9 Å². The van der Waals surface area contributed by atoms with Crippen LogP contribution in [0.1, 0.15) is 37.5 Å². The zero-order chi connectivity index (χ0) is 15.9. The topological polar surface area (TPSA) is 36.9 Å². The van der Waals surface area contributed by atoms with E-state index < -0.39 is 8.80 Å². The van der Waals surface area contributed by atoms with Crippen LogP contribution in [0.3, 0.4) is 0 Å². The minimum absolute atomic E-state index is 0.592. The van der Waals surface area contributed by atoms with E-state index >= 15 is 0 Å². The van der Waals surface area contributed by atoms with E-state index in [9.17, 15) is 0 Å². The highest BCUT2D eigenvalue weighted by molar-refractivity contribution is 6.60. The van der Waals surface area contributed by atoms with E-state index in [2.05, 4.69) is 19.1 Å². The summed E-state index contributed by atoms with van der Waals surface area (Å²) in [5.74, 6) is 0.892. The van der Waals surface area contributed by atoms with E-state index in [-0.39, 0.29) is 0 Å². The van der Waals surface area contributed by atoms with E-state index in [1.807, 2.05) is 27.7 Å². The van der Waals surface area contributed by atoms with Gasteiger partial charge in [0.25, 0.3) is 0 Å². The number of rotatable bonds is 9. The Morgan fingerprint density at radius 3 is 1.81 bits per heavy atom. The van der Waals surface area contributed by atoms with Crippen LogP contribution in [0.25, 0.3) is 0 Å². The van der Waals surface area contributed by atoms with E-state index in [1.54, 1.807) is 7.11 Å². The van der Waals surface area contributed by atoms with Crippen LogP contribution < -0.4 is 4.74 Å². The molecule has 0 heterocycles. The SMILES string of the molecule is CCO[Si](Cc1cc(OC)c(C)cc1C)(OCC)OCC. The molecule has 0 spiro atoms. The molecule has 120 valence electrons. The molecule has 5 heteroatoms. The van der Waals surface area contributed by atoms with E-state index in [1.165, 1.54) is 11.1 Å². The Hall–Kier alpha value is -0.883. The summed E-state index contributed by atoms with van der Waals surface area (Å²) in [6, 6.07) is 4.88. The molecule has 0 bridgehead atoms. The van der Waals surface area contributed by atoms with Crippen molar-refractivity contribution in [1.82, 2.24) is 0 Å². The summed E-state index contributed by atoms with van der Waals surface area (Å²) in [5.41, 5.74) is 3.51. The fraction of sp³-hybridized carbons (Fsp3) is 0.625. The number of hydrogen-bond donors (Lipinski definition) is 0. The standard InChI is InChI=1S/C16H28O4Si/c1-7-18-21(19-8-2,20-9-3)12-15-11-16(17-6)14(5)10-13(15)4/h10-11H,7-9,12H2,1-6H3. The molecule has 0 aliphatic heterocycles. The molecule has 0 aliphatic carbocycles. The molecule has 0 fully saturated rings. The van der Waals surface area contributed by atoms with Gasteiger partial charge in [0, 0.05) is 25.9 Å².